The van der Waals surface area contributed by atoms with Crippen molar-refractivity contribution in [2.45, 2.75) is 44.9 Å². The highest BCUT2D eigenvalue weighted by atomic mass is 32.1. The van der Waals surface area contributed by atoms with E-state index in [0.29, 0.717) is 11.5 Å². The summed E-state index contributed by atoms with van der Waals surface area (Å²) in [6, 6.07) is 7.69. The molecule has 0 unspecified atom stereocenters. The molecule has 1 saturated carbocycles. The summed E-state index contributed by atoms with van der Waals surface area (Å²) in [5, 5.41) is 2.44. The third-order valence-electron chi connectivity index (χ3n) is 3.83. The van der Waals surface area contributed by atoms with Crippen molar-refractivity contribution in [3.63, 3.8) is 0 Å². The van der Waals surface area contributed by atoms with Crippen molar-refractivity contribution >= 4 is 29.1 Å². The Labute approximate surface area is 135 Å². The Morgan fingerprint density at radius 1 is 1.05 bits per heavy atom. The number of hydrogen-bond donors (Lipinski definition) is 3. The minimum absolute atomic E-state index is 0.0691. The number of nitrogens with one attached hydrogen (secondary N) is 3. The Balaban J connectivity index is 1.88. The van der Waals surface area contributed by atoms with Crippen LogP contribution in [0.2, 0.25) is 0 Å². The van der Waals surface area contributed by atoms with Crippen LogP contribution >= 0.6 is 12.2 Å². The molecule has 0 spiro atoms. The van der Waals surface area contributed by atoms with Gasteiger partial charge in [0.05, 0.1) is 0 Å². The predicted molar refractivity (Wildman–Crippen MR) is 89.3 cm³/mol. The number of hydrazine groups is 1. The first-order chi connectivity index (χ1) is 10.6. The van der Waals surface area contributed by atoms with Crippen LogP contribution in [0, 0.1) is 0 Å². The van der Waals surface area contributed by atoms with E-state index >= 15 is 0 Å². The van der Waals surface area contributed by atoms with Crippen molar-refractivity contribution in [2.75, 3.05) is 0 Å². The average Bonchev–Trinajstić information content (AvgIpc) is 2.53. The molecule has 0 atom stereocenters. The Morgan fingerprint density at radius 3 is 2.27 bits per heavy atom. The molecule has 118 valence electrons. The lowest BCUT2D eigenvalue weighted by Crippen LogP contribution is -2.47. The fourth-order valence-corrected chi connectivity index (χ4v) is 2.91. The second kappa shape index (κ2) is 7.89. The van der Waals surface area contributed by atoms with Crippen molar-refractivity contribution in [1.29, 1.82) is 0 Å². The molecular formula is C16H21N3O2S. The standard InChI is InChI=1S/C16H21N3O2S/c1-11(20)17-16(22)19-18-15(21)14-9-7-13(8-10-14)12-5-3-2-4-6-12/h7-10,12H,2-6H2,1H3,(H,18,21)(H2,17,19,20,22). The minimum Gasteiger partial charge on any atom is -0.302 e. The summed E-state index contributed by atoms with van der Waals surface area (Å²) in [5.41, 5.74) is 6.81. The lowest BCUT2D eigenvalue weighted by Gasteiger charge is -2.22. The number of carbonyl (C=O) groups is 2. The minimum atomic E-state index is -0.289. The van der Waals surface area contributed by atoms with Crippen molar-refractivity contribution in [1.82, 2.24) is 16.2 Å². The molecular weight excluding hydrogens is 298 g/mol. The summed E-state index contributed by atoms with van der Waals surface area (Å²) in [5.74, 6) is 0.0443. The number of amides is 2. The molecule has 0 aliphatic heterocycles. The highest BCUT2D eigenvalue weighted by Crippen LogP contribution is 2.32. The van der Waals surface area contributed by atoms with E-state index in [2.05, 4.69) is 16.2 Å². The first-order valence-electron chi connectivity index (χ1n) is 7.54. The summed E-state index contributed by atoms with van der Waals surface area (Å²) in [4.78, 5) is 22.8. The van der Waals surface area contributed by atoms with Gasteiger partial charge in [-0.05, 0) is 48.7 Å². The second-order valence-corrected chi connectivity index (χ2v) is 5.95. The van der Waals surface area contributed by atoms with Crippen LogP contribution < -0.4 is 16.2 Å². The molecule has 2 rings (SSSR count). The summed E-state index contributed by atoms with van der Waals surface area (Å²) in [6.45, 7) is 1.35. The van der Waals surface area contributed by atoms with E-state index in [4.69, 9.17) is 12.2 Å². The molecule has 3 N–H and O–H groups in total. The zero-order valence-corrected chi connectivity index (χ0v) is 13.5. The number of thiocarbonyl (C=S) groups is 1. The smallest absolute Gasteiger partial charge is 0.269 e. The number of hydrogen-bond acceptors (Lipinski definition) is 3. The molecule has 5 nitrogen and oxygen atoms in total. The first kappa shape index (κ1) is 16.4. The average molecular weight is 319 g/mol. The number of benzene rings is 1. The lowest BCUT2D eigenvalue weighted by molar-refractivity contribution is -0.117. The lowest BCUT2D eigenvalue weighted by atomic mass is 9.84. The van der Waals surface area contributed by atoms with Crippen LogP contribution in [0.3, 0.4) is 0 Å². The van der Waals surface area contributed by atoms with Crippen LogP contribution in [-0.2, 0) is 4.79 Å². The quantitative estimate of drug-likeness (QED) is 0.578. The van der Waals surface area contributed by atoms with E-state index in [0.717, 1.165) is 0 Å². The molecule has 1 aromatic carbocycles. The molecule has 1 aromatic rings. The van der Waals surface area contributed by atoms with E-state index < -0.39 is 0 Å². The van der Waals surface area contributed by atoms with Gasteiger partial charge in [-0.2, -0.15) is 0 Å². The molecule has 0 bridgehead atoms. The van der Waals surface area contributed by atoms with Gasteiger partial charge in [0.1, 0.15) is 0 Å². The predicted octanol–water partition coefficient (Wildman–Crippen LogP) is 2.39. The van der Waals surface area contributed by atoms with Crippen molar-refractivity contribution < 1.29 is 9.59 Å². The van der Waals surface area contributed by atoms with Crippen LogP contribution in [0.4, 0.5) is 0 Å². The Bertz CT molecular complexity index is 551. The van der Waals surface area contributed by atoms with Crippen molar-refractivity contribution in [2.24, 2.45) is 0 Å². The van der Waals surface area contributed by atoms with Gasteiger partial charge in [-0.25, -0.2) is 0 Å². The third-order valence-corrected chi connectivity index (χ3v) is 4.03. The van der Waals surface area contributed by atoms with Crippen LogP contribution in [0.1, 0.15) is 60.9 Å². The van der Waals surface area contributed by atoms with Crippen molar-refractivity contribution in [3.8, 4) is 0 Å². The van der Waals surface area contributed by atoms with Gasteiger partial charge in [-0.1, -0.05) is 31.4 Å². The van der Waals surface area contributed by atoms with Gasteiger partial charge in [0.15, 0.2) is 5.11 Å². The second-order valence-electron chi connectivity index (χ2n) is 5.55. The summed E-state index contributed by atoms with van der Waals surface area (Å²) < 4.78 is 0. The Morgan fingerprint density at radius 2 is 1.68 bits per heavy atom. The fourth-order valence-electron chi connectivity index (χ4n) is 2.72. The molecule has 2 amide bonds. The SMILES string of the molecule is CC(=O)NC(=S)NNC(=O)c1ccc(C2CCCCC2)cc1. The summed E-state index contributed by atoms with van der Waals surface area (Å²) in [6.07, 6.45) is 6.38. The highest BCUT2D eigenvalue weighted by molar-refractivity contribution is 7.80. The van der Waals surface area contributed by atoms with Gasteiger partial charge < -0.3 is 5.32 Å². The zero-order chi connectivity index (χ0) is 15.9. The van der Waals surface area contributed by atoms with Gasteiger partial charge in [0, 0.05) is 12.5 Å². The first-order valence-corrected chi connectivity index (χ1v) is 7.95. The number of rotatable bonds is 2. The molecule has 6 heteroatoms. The molecule has 0 saturated heterocycles. The molecule has 0 aromatic heterocycles. The normalized spacial score (nSPS) is 15.0. The van der Waals surface area contributed by atoms with Gasteiger partial charge in [0.25, 0.3) is 5.91 Å². The van der Waals surface area contributed by atoms with Crippen LogP contribution in [0.5, 0.6) is 0 Å². The maximum absolute atomic E-state index is 12.0. The molecule has 0 radical (unpaired) electrons. The zero-order valence-electron chi connectivity index (χ0n) is 12.6. The largest absolute Gasteiger partial charge is 0.302 e. The number of carbonyl (C=O) groups excluding carboxylic acids is 2. The Kier molecular flexibility index (Phi) is 5.89. The van der Waals surface area contributed by atoms with E-state index in [1.165, 1.54) is 44.6 Å². The van der Waals surface area contributed by atoms with Crippen LogP contribution in [-0.4, -0.2) is 16.9 Å². The van der Waals surface area contributed by atoms with Gasteiger partial charge in [0.2, 0.25) is 5.91 Å². The molecule has 22 heavy (non-hydrogen) atoms. The topological polar surface area (TPSA) is 70.2 Å². The van der Waals surface area contributed by atoms with Gasteiger partial charge in [-0.3, -0.25) is 20.4 Å². The third kappa shape index (κ3) is 4.80. The maximum Gasteiger partial charge on any atom is 0.269 e. The summed E-state index contributed by atoms with van der Waals surface area (Å²) in [7, 11) is 0. The molecule has 1 aliphatic carbocycles. The molecule has 1 fully saturated rings. The van der Waals surface area contributed by atoms with Gasteiger partial charge in [-0.15, -0.1) is 0 Å². The van der Waals surface area contributed by atoms with Crippen molar-refractivity contribution in [3.05, 3.63) is 35.4 Å². The van der Waals surface area contributed by atoms with Crippen LogP contribution in [0.25, 0.3) is 0 Å². The Hall–Kier alpha value is -1.95. The maximum atomic E-state index is 12.0. The van der Waals surface area contributed by atoms with E-state index in [1.807, 2.05) is 24.3 Å². The highest BCUT2D eigenvalue weighted by Gasteiger charge is 2.15. The van der Waals surface area contributed by atoms with E-state index in [9.17, 15) is 9.59 Å². The fraction of sp³-hybridized carbons (Fsp3) is 0.438. The molecule has 0 heterocycles. The monoisotopic (exact) mass is 319 g/mol. The summed E-state index contributed by atoms with van der Waals surface area (Å²) >= 11 is 4.85. The van der Waals surface area contributed by atoms with Gasteiger partial charge >= 0.3 is 0 Å². The van der Waals surface area contributed by atoms with Crippen LogP contribution in [0.15, 0.2) is 24.3 Å². The molecule has 1 aliphatic rings. The van der Waals surface area contributed by atoms with E-state index in [-0.39, 0.29) is 16.9 Å². The van der Waals surface area contributed by atoms with E-state index in [1.54, 1.807) is 0 Å².